The Bertz CT molecular complexity index is 503. The summed E-state index contributed by atoms with van der Waals surface area (Å²) in [5, 5.41) is 0. The van der Waals surface area contributed by atoms with Crippen molar-refractivity contribution in [2.24, 2.45) is 5.73 Å². The highest BCUT2D eigenvalue weighted by Gasteiger charge is 2.34. The molecule has 2 N–H and O–H groups in total. The van der Waals surface area contributed by atoms with Crippen LogP contribution in [-0.2, 0) is 11.2 Å². The summed E-state index contributed by atoms with van der Waals surface area (Å²) in [6.45, 7) is 5.65. The van der Waals surface area contributed by atoms with Crippen LogP contribution in [0, 0.1) is 0 Å². The van der Waals surface area contributed by atoms with Crippen molar-refractivity contribution in [1.82, 2.24) is 9.80 Å². The molecule has 0 saturated carbocycles. The van der Waals surface area contributed by atoms with Crippen LogP contribution in [0.25, 0.3) is 0 Å². The first kappa shape index (κ1) is 14.5. The second kappa shape index (κ2) is 6.58. The van der Waals surface area contributed by atoms with Crippen molar-refractivity contribution in [2.75, 3.05) is 39.3 Å². The monoisotopic (exact) mass is 287 g/mol. The van der Waals surface area contributed by atoms with Crippen molar-refractivity contribution in [3.63, 3.8) is 0 Å². The Morgan fingerprint density at radius 1 is 1.19 bits per heavy atom. The third kappa shape index (κ3) is 3.11. The lowest BCUT2D eigenvalue weighted by molar-refractivity contribution is -0.133. The molecule has 1 amide bonds. The molecule has 4 heteroatoms. The SMILES string of the molecule is NCCCN1CCCN(C(=O)C2Cc3ccccc32)CC1. The van der Waals surface area contributed by atoms with E-state index >= 15 is 0 Å². The van der Waals surface area contributed by atoms with Crippen LogP contribution in [0.15, 0.2) is 24.3 Å². The van der Waals surface area contributed by atoms with Crippen LogP contribution in [0.4, 0.5) is 0 Å². The van der Waals surface area contributed by atoms with E-state index in [9.17, 15) is 4.79 Å². The molecule has 21 heavy (non-hydrogen) atoms. The number of hydrogen-bond donors (Lipinski definition) is 1. The lowest BCUT2D eigenvalue weighted by Crippen LogP contribution is -2.41. The van der Waals surface area contributed by atoms with Gasteiger partial charge in [0.15, 0.2) is 0 Å². The second-order valence-electron chi connectivity index (χ2n) is 6.12. The lowest BCUT2D eigenvalue weighted by atomic mass is 9.77. The van der Waals surface area contributed by atoms with Crippen LogP contribution >= 0.6 is 0 Å². The summed E-state index contributed by atoms with van der Waals surface area (Å²) in [4.78, 5) is 17.2. The highest BCUT2D eigenvalue weighted by atomic mass is 16.2. The predicted octanol–water partition coefficient (Wildman–Crippen LogP) is 1.21. The highest BCUT2D eigenvalue weighted by molar-refractivity contribution is 5.87. The summed E-state index contributed by atoms with van der Waals surface area (Å²) in [5.74, 6) is 0.436. The standard InChI is InChI=1S/C17H25N3O/c18-7-3-8-19-9-4-10-20(12-11-19)17(21)16-13-14-5-1-2-6-15(14)16/h1-2,5-6,16H,3-4,7-13,18H2. The van der Waals surface area contributed by atoms with E-state index in [1.165, 1.54) is 11.1 Å². The molecule has 1 unspecified atom stereocenters. The van der Waals surface area contributed by atoms with Gasteiger partial charge in [0.25, 0.3) is 0 Å². The Labute approximate surface area is 126 Å². The van der Waals surface area contributed by atoms with Gasteiger partial charge in [0, 0.05) is 19.6 Å². The van der Waals surface area contributed by atoms with Crippen LogP contribution in [-0.4, -0.2) is 55.0 Å². The maximum atomic E-state index is 12.7. The van der Waals surface area contributed by atoms with Gasteiger partial charge in [-0.15, -0.1) is 0 Å². The summed E-state index contributed by atoms with van der Waals surface area (Å²) < 4.78 is 0. The van der Waals surface area contributed by atoms with E-state index < -0.39 is 0 Å². The van der Waals surface area contributed by atoms with Crippen molar-refractivity contribution in [2.45, 2.75) is 25.2 Å². The molecule has 114 valence electrons. The van der Waals surface area contributed by atoms with Gasteiger partial charge in [-0.25, -0.2) is 0 Å². The molecule has 0 aromatic heterocycles. The lowest BCUT2D eigenvalue weighted by Gasteiger charge is -2.33. The van der Waals surface area contributed by atoms with Crippen molar-refractivity contribution in [3.05, 3.63) is 35.4 Å². The number of hydrogen-bond acceptors (Lipinski definition) is 3. The third-order valence-corrected chi connectivity index (χ3v) is 4.73. The molecule has 1 aliphatic heterocycles. The second-order valence-corrected chi connectivity index (χ2v) is 6.12. The van der Waals surface area contributed by atoms with Gasteiger partial charge in [0.05, 0.1) is 5.92 Å². The van der Waals surface area contributed by atoms with Gasteiger partial charge in [-0.1, -0.05) is 24.3 Å². The molecule has 1 aromatic rings. The Hall–Kier alpha value is -1.39. The van der Waals surface area contributed by atoms with E-state index in [0.717, 1.165) is 58.5 Å². The first-order valence-corrected chi connectivity index (χ1v) is 8.08. The number of benzene rings is 1. The number of rotatable bonds is 4. The van der Waals surface area contributed by atoms with E-state index in [1.54, 1.807) is 0 Å². The molecule has 0 bridgehead atoms. The maximum absolute atomic E-state index is 12.7. The predicted molar refractivity (Wildman–Crippen MR) is 84.2 cm³/mol. The summed E-state index contributed by atoms with van der Waals surface area (Å²) in [7, 11) is 0. The van der Waals surface area contributed by atoms with Gasteiger partial charge >= 0.3 is 0 Å². The minimum atomic E-state index is 0.108. The molecule has 4 nitrogen and oxygen atoms in total. The van der Waals surface area contributed by atoms with Gasteiger partial charge in [-0.2, -0.15) is 0 Å². The Balaban J connectivity index is 1.57. The number of nitrogens with zero attached hydrogens (tertiary/aromatic N) is 2. The van der Waals surface area contributed by atoms with Gasteiger partial charge in [-0.3, -0.25) is 4.79 Å². The van der Waals surface area contributed by atoms with Gasteiger partial charge in [-0.05, 0) is 50.0 Å². The van der Waals surface area contributed by atoms with Gasteiger partial charge in [0.1, 0.15) is 0 Å². The molecule has 1 heterocycles. The Morgan fingerprint density at radius 3 is 2.86 bits per heavy atom. The molecule has 1 fully saturated rings. The molecule has 1 aliphatic carbocycles. The van der Waals surface area contributed by atoms with Crippen molar-refractivity contribution < 1.29 is 4.79 Å². The Kier molecular flexibility index (Phi) is 4.56. The fourth-order valence-corrected chi connectivity index (χ4v) is 3.43. The van der Waals surface area contributed by atoms with Gasteiger partial charge in [0.2, 0.25) is 5.91 Å². The number of carbonyl (C=O) groups excluding carboxylic acids is 1. The fraction of sp³-hybridized carbons (Fsp3) is 0.588. The molecule has 1 saturated heterocycles. The zero-order valence-corrected chi connectivity index (χ0v) is 12.6. The number of nitrogens with two attached hydrogens (primary N) is 1. The van der Waals surface area contributed by atoms with Crippen LogP contribution in [0.3, 0.4) is 0 Å². The molecule has 0 radical (unpaired) electrons. The van der Waals surface area contributed by atoms with Crippen molar-refractivity contribution >= 4 is 5.91 Å². The van der Waals surface area contributed by atoms with Crippen molar-refractivity contribution in [3.8, 4) is 0 Å². The molecule has 2 aliphatic rings. The van der Waals surface area contributed by atoms with Crippen LogP contribution in [0.5, 0.6) is 0 Å². The number of amides is 1. The first-order valence-electron chi connectivity index (χ1n) is 8.08. The summed E-state index contributed by atoms with van der Waals surface area (Å²) in [6, 6.07) is 8.33. The van der Waals surface area contributed by atoms with Crippen molar-refractivity contribution in [1.29, 1.82) is 0 Å². The van der Waals surface area contributed by atoms with E-state index in [0.29, 0.717) is 5.91 Å². The fourth-order valence-electron chi connectivity index (χ4n) is 3.43. The average Bonchev–Trinajstić information content (AvgIpc) is 2.72. The minimum absolute atomic E-state index is 0.108. The normalized spacial score (nSPS) is 22.3. The summed E-state index contributed by atoms with van der Waals surface area (Å²) in [5.41, 5.74) is 8.16. The zero-order chi connectivity index (χ0) is 14.7. The highest BCUT2D eigenvalue weighted by Crippen LogP contribution is 2.36. The van der Waals surface area contributed by atoms with Crippen LogP contribution < -0.4 is 5.73 Å². The van der Waals surface area contributed by atoms with E-state index in [1.807, 2.05) is 6.07 Å². The van der Waals surface area contributed by atoms with Crippen LogP contribution in [0.1, 0.15) is 29.9 Å². The van der Waals surface area contributed by atoms with E-state index in [2.05, 4.69) is 28.0 Å². The van der Waals surface area contributed by atoms with Crippen LogP contribution in [0.2, 0.25) is 0 Å². The number of carbonyl (C=O) groups is 1. The topological polar surface area (TPSA) is 49.6 Å². The molecule has 0 spiro atoms. The largest absolute Gasteiger partial charge is 0.341 e. The zero-order valence-electron chi connectivity index (χ0n) is 12.6. The first-order chi connectivity index (χ1) is 10.3. The van der Waals surface area contributed by atoms with E-state index in [-0.39, 0.29) is 5.92 Å². The average molecular weight is 287 g/mol. The molecule has 1 atom stereocenters. The Morgan fingerprint density at radius 2 is 2.05 bits per heavy atom. The minimum Gasteiger partial charge on any atom is -0.341 e. The summed E-state index contributed by atoms with van der Waals surface area (Å²) in [6.07, 6.45) is 3.04. The van der Waals surface area contributed by atoms with Gasteiger partial charge < -0.3 is 15.5 Å². The molecule has 1 aromatic carbocycles. The molecule has 3 rings (SSSR count). The molecular formula is C17H25N3O. The smallest absolute Gasteiger partial charge is 0.230 e. The van der Waals surface area contributed by atoms with E-state index in [4.69, 9.17) is 5.73 Å². The summed E-state index contributed by atoms with van der Waals surface area (Å²) >= 11 is 0. The third-order valence-electron chi connectivity index (χ3n) is 4.73. The molecular weight excluding hydrogens is 262 g/mol. The number of fused-ring (bicyclic) bond motifs is 1. The quantitative estimate of drug-likeness (QED) is 0.905. The maximum Gasteiger partial charge on any atom is 0.230 e.